The van der Waals surface area contributed by atoms with E-state index in [1.54, 1.807) is 13.8 Å². The molecule has 0 bridgehead atoms. The summed E-state index contributed by atoms with van der Waals surface area (Å²) in [5.74, 6) is -1.62. The topological polar surface area (TPSA) is 97.3 Å². The third-order valence-electron chi connectivity index (χ3n) is 7.35. The quantitative estimate of drug-likeness (QED) is 0.586. The molecule has 2 amide bonds. The van der Waals surface area contributed by atoms with Crippen LogP contribution >= 0.6 is 0 Å². The minimum atomic E-state index is -1.14. The summed E-state index contributed by atoms with van der Waals surface area (Å²) in [4.78, 5) is 29.1. The lowest BCUT2D eigenvalue weighted by Gasteiger charge is -2.45. The molecule has 0 aromatic heterocycles. The number of ether oxygens (including phenoxy) is 3. The number of hydrogen-bond donors (Lipinski definition) is 2. The Kier molecular flexibility index (Phi) is 8.14. The van der Waals surface area contributed by atoms with Crippen LogP contribution in [0.2, 0.25) is 0 Å². The molecule has 6 atom stereocenters. The van der Waals surface area contributed by atoms with E-state index >= 15 is 0 Å². The van der Waals surface area contributed by atoms with Crippen LogP contribution in [0.4, 0.5) is 0 Å². The lowest BCUT2D eigenvalue weighted by Crippen LogP contribution is -2.62. The number of nitrogens with one attached hydrogen (secondary N) is 1. The van der Waals surface area contributed by atoms with Crippen molar-refractivity contribution in [2.24, 2.45) is 5.41 Å². The van der Waals surface area contributed by atoms with Gasteiger partial charge in [0.05, 0.1) is 6.04 Å². The number of piperidine rings is 1. The zero-order valence-corrected chi connectivity index (χ0v) is 22.9. The summed E-state index contributed by atoms with van der Waals surface area (Å²) >= 11 is 0. The fourth-order valence-corrected chi connectivity index (χ4v) is 5.62. The second-order valence-electron chi connectivity index (χ2n) is 11.9. The van der Waals surface area contributed by atoms with Gasteiger partial charge in [0.25, 0.3) is 5.91 Å². The summed E-state index contributed by atoms with van der Waals surface area (Å²) in [5, 5.41) is 14.1. The first-order chi connectivity index (χ1) is 17.4. The molecule has 8 heteroatoms. The first kappa shape index (κ1) is 27.8. The largest absolute Gasteiger partial charge is 0.387 e. The van der Waals surface area contributed by atoms with Crippen LogP contribution in [0.15, 0.2) is 36.4 Å². The fraction of sp³-hybridized carbons (Fsp3) is 0.655. The van der Waals surface area contributed by atoms with Crippen molar-refractivity contribution in [3.63, 3.8) is 0 Å². The van der Waals surface area contributed by atoms with Crippen molar-refractivity contribution in [1.29, 1.82) is 0 Å². The molecular formula is C29H42N2O6. The van der Waals surface area contributed by atoms with Gasteiger partial charge in [-0.3, -0.25) is 9.59 Å². The molecule has 0 aliphatic carbocycles. The van der Waals surface area contributed by atoms with Gasteiger partial charge in [-0.2, -0.15) is 0 Å². The van der Waals surface area contributed by atoms with Gasteiger partial charge < -0.3 is 29.5 Å². The molecule has 4 rings (SSSR count). The van der Waals surface area contributed by atoms with Crippen molar-refractivity contribution in [3.8, 4) is 0 Å². The molecule has 8 nitrogen and oxygen atoms in total. The molecule has 3 aliphatic rings. The predicted octanol–water partition coefficient (Wildman–Crippen LogP) is 3.28. The molecular weight excluding hydrogens is 472 g/mol. The number of amides is 2. The van der Waals surface area contributed by atoms with Crippen LogP contribution in [0.5, 0.6) is 0 Å². The maximum Gasteiger partial charge on any atom is 0.252 e. The second-order valence-corrected chi connectivity index (χ2v) is 11.9. The molecule has 3 heterocycles. The molecule has 2 fully saturated rings. The third-order valence-corrected chi connectivity index (χ3v) is 7.35. The average molecular weight is 515 g/mol. The first-order valence-corrected chi connectivity index (χ1v) is 13.3. The number of aliphatic hydroxyl groups excluding tert-OH is 1. The highest BCUT2D eigenvalue weighted by molar-refractivity contribution is 5.90. The summed E-state index contributed by atoms with van der Waals surface area (Å²) in [5.41, 5.74) is 2.12. The molecule has 37 heavy (non-hydrogen) atoms. The van der Waals surface area contributed by atoms with Gasteiger partial charge in [-0.05, 0) is 49.7 Å². The highest BCUT2D eigenvalue weighted by Gasteiger charge is 2.48. The predicted molar refractivity (Wildman–Crippen MR) is 140 cm³/mol. The van der Waals surface area contributed by atoms with Gasteiger partial charge in [-0.1, -0.05) is 57.2 Å². The zero-order valence-electron chi connectivity index (χ0n) is 22.9. The Morgan fingerprint density at radius 2 is 1.97 bits per heavy atom. The standard InChI is InChI=1S/C29H42N2O6/c1-28(2,3)15-14-22-23(32)24(37-29(4,5)36-22)25(35-6)26(33)30-20-17-18-11-7-8-12-19(18)21-13-9-10-16-31(21)27(20)34/h7-8,11-12,14-15,20-25,32H,9-10,13,16-17H2,1-6H3,(H,30,33)/t20-,21+,22+,23+,24+,25+/m0/s1. The zero-order chi connectivity index (χ0) is 27.0. The van der Waals surface area contributed by atoms with Crippen LogP contribution in [0.3, 0.4) is 0 Å². The number of allylic oxidation sites excluding steroid dienone is 1. The van der Waals surface area contributed by atoms with Crippen molar-refractivity contribution in [2.75, 3.05) is 13.7 Å². The number of hydrogen-bond acceptors (Lipinski definition) is 6. The molecule has 2 saturated heterocycles. The van der Waals surface area contributed by atoms with Crippen LogP contribution < -0.4 is 5.32 Å². The Labute approximate surface area is 220 Å². The van der Waals surface area contributed by atoms with Crippen LogP contribution in [-0.4, -0.2) is 71.7 Å². The van der Waals surface area contributed by atoms with E-state index in [1.807, 2.05) is 35.3 Å². The third kappa shape index (κ3) is 6.25. The Morgan fingerprint density at radius 3 is 2.68 bits per heavy atom. The molecule has 0 saturated carbocycles. The first-order valence-electron chi connectivity index (χ1n) is 13.3. The SMILES string of the molecule is CO[C@@H](C(=O)N[C@H]1Cc2ccccc2[C@H]2CCCCN2C1=O)[C@@H]1OC(C)(C)O[C@H](C=CC(C)(C)C)[C@H]1O. The summed E-state index contributed by atoms with van der Waals surface area (Å²) in [7, 11) is 1.41. The van der Waals surface area contributed by atoms with E-state index in [0.29, 0.717) is 13.0 Å². The van der Waals surface area contributed by atoms with Crippen LogP contribution in [0.25, 0.3) is 0 Å². The van der Waals surface area contributed by atoms with Crippen LogP contribution in [0.1, 0.15) is 71.0 Å². The van der Waals surface area contributed by atoms with Gasteiger partial charge in [-0.15, -0.1) is 0 Å². The van der Waals surface area contributed by atoms with Gasteiger partial charge in [0.1, 0.15) is 24.4 Å². The van der Waals surface area contributed by atoms with Crippen molar-refractivity contribution in [1.82, 2.24) is 10.2 Å². The summed E-state index contributed by atoms with van der Waals surface area (Å²) in [6.07, 6.45) is 3.20. The molecule has 1 aromatic carbocycles. The smallest absolute Gasteiger partial charge is 0.252 e. The van der Waals surface area contributed by atoms with E-state index < -0.39 is 42.2 Å². The molecule has 2 N–H and O–H groups in total. The Hall–Kier alpha value is -2.26. The minimum absolute atomic E-state index is 0.0365. The number of carbonyl (C=O) groups excluding carboxylic acids is 2. The second kappa shape index (κ2) is 10.8. The highest BCUT2D eigenvalue weighted by atomic mass is 16.7. The summed E-state index contributed by atoms with van der Waals surface area (Å²) < 4.78 is 17.6. The van der Waals surface area contributed by atoms with Crippen molar-refractivity contribution in [3.05, 3.63) is 47.5 Å². The van der Waals surface area contributed by atoms with Gasteiger partial charge in [0, 0.05) is 20.1 Å². The van der Waals surface area contributed by atoms with Gasteiger partial charge in [-0.25, -0.2) is 0 Å². The average Bonchev–Trinajstić information content (AvgIpc) is 2.95. The number of methoxy groups -OCH3 is 1. The molecule has 3 aliphatic heterocycles. The van der Waals surface area contributed by atoms with Crippen LogP contribution in [-0.2, 0) is 30.2 Å². The lowest BCUT2D eigenvalue weighted by atomic mass is 9.92. The monoisotopic (exact) mass is 514 g/mol. The minimum Gasteiger partial charge on any atom is -0.387 e. The number of nitrogens with zero attached hydrogens (tertiary/aromatic N) is 1. The molecule has 0 radical (unpaired) electrons. The van der Waals surface area contributed by atoms with Gasteiger partial charge in [0.15, 0.2) is 11.9 Å². The number of aliphatic hydroxyl groups is 1. The maximum atomic E-state index is 13.6. The molecule has 0 unspecified atom stereocenters. The Morgan fingerprint density at radius 1 is 1.24 bits per heavy atom. The fourth-order valence-electron chi connectivity index (χ4n) is 5.62. The van der Waals surface area contributed by atoms with E-state index in [2.05, 4.69) is 32.2 Å². The molecule has 204 valence electrons. The molecule has 0 spiro atoms. The van der Waals surface area contributed by atoms with Crippen LogP contribution in [0, 0.1) is 5.41 Å². The summed E-state index contributed by atoms with van der Waals surface area (Å²) in [6, 6.07) is 7.41. The number of fused-ring (bicyclic) bond motifs is 3. The van der Waals surface area contributed by atoms with Gasteiger partial charge >= 0.3 is 0 Å². The Bertz CT molecular complexity index is 1020. The Balaban J connectivity index is 1.56. The normalized spacial score (nSPS) is 30.8. The number of benzene rings is 1. The molecule has 1 aromatic rings. The van der Waals surface area contributed by atoms with Crippen molar-refractivity contribution < 1.29 is 28.9 Å². The van der Waals surface area contributed by atoms with E-state index in [9.17, 15) is 14.7 Å². The number of carbonyl (C=O) groups is 2. The summed E-state index contributed by atoms with van der Waals surface area (Å²) in [6.45, 7) is 10.3. The highest BCUT2D eigenvalue weighted by Crippen LogP contribution is 2.36. The van der Waals surface area contributed by atoms with E-state index in [-0.39, 0.29) is 17.4 Å². The van der Waals surface area contributed by atoms with Crippen molar-refractivity contribution in [2.45, 2.75) is 103 Å². The van der Waals surface area contributed by atoms with Gasteiger partial charge in [0.2, 0.25) is 5.91 Å². The van der Waals surface area contributed by atoms with E-state index in [1.165, 1.54) is 7.11 Å². The van der Waals surface area contributed by atoms with E-state index in [4.69, 9.17) is 14.2 Å². The van der Waals surface area contributed by atoms with Crippen molar-refractivity contribution >= 4 is 11.8 Å². The van der Waals surface area contributed by atoms with E-state index in [0.717, 1.165) is 30.4 Å². The number of rotatable bonds is 5. The lowest BCUT2D eigenvalue weighted by molar-refractivity contribution is -0.334. The maximum absolute atomic E-state index is 13.6.